The number of nitro groups is 1. The van der Waals surface area contributed by atoms with Gasteiger partial charge in [-0.25, -0.2) is 0 Å². The first-order valence-electron chi connectivity index (χ1n) is 8.62. The third kappa shape index (κ3) is 4.14. The summed E-state index contributed by atoms with van der Waals surface area (Å²) >= 11 is 5.94. The summed E-state index contributed by atoms with van der Waals surface area (Å²) in [6.45, 7) is 2.49. The number of halogens is 1. The fourth-order valence-corrected chi connectivity index (χ4v) is 3.31. The number of rotatable bonds is 4. The van der Waals surface area contributed by atoms with E-state index >= 15 is 0 Å². The second kappa shape index (κ2) is 7.84. The molecule has 1 aliphatic heterocycles. The highest BCUT2D eigenvalue weighted by Gasteiger charge is 2.26. The summed E-state index contributed by atoms with van der Waals surface area (Å²) < 4.78 is 0. The third-order valence-electron chi connectivity index (χ3n) is 4.66. The van der Waals surface area contributed by atoms with E-state index in [1.54, 1.807) is 15.9 Å². The smallest absolute Gasteiger partial charge is 0.270 e. The molecule has 2 aromatic rings. The van der Waals surface area contributed by atoms with E-state index in [0.29, 0.717) is 42.5 Å². The lowest BCUT2D eigenvalue weighted by molar-refractivity contribution is -0.384. The Kier molecular flexibility index (Phi) is 5.51. The number of nitrogens with zero attached hydrogens (tertiary/aromatic N) is 4. The summed E-state index contributed by atoms with van der Waals surface area (Å²) in [6, 6.07) is 12.0. The highest BCUT2D eigenvalue weighted by atomic mass is 35.5. The third-order valence-corrected chi connectivity index (χ3v) is 4.91. The maximum absolute atomic E-state index is 13.0. The van der Waals surface area contributed by atoms with Crippen molar-refractivity contribution in [2.75, 3.05) is 50.1 Å². The number of piperazine rings is 1. The highest BCUT2D eigenvalue weighted by molar-refractivity contribution is 6.30. The van der Waals surface area contributed by atoms with Crippen LogP contribution in [0.5, 0.6) is 0 Å². The van der Waals surface area contributed by atoms with Gasteiger partial charge in [0.2, 0.25) is 0 Å². The molecule has 2 aromatic carbocycles. The lowest BCUT2D eigenvalue weighted by Gasteiger charge is -2.36. The van der Waals surface area contributed by atoms with Gasteiger partial charge in [-0.3, -0.25) is 14.9 Å². The second-order valence-electron chi connectivity index (χ2n) is 6.61. The number of benzene rings is 2. The van der Waals surface area contributed by atoms with E-state index in [9.17, 15) is 14.9 Å². The van der Waals surface area contributed by atoms with Crippen LogP contribution in [0.2, 0.25) is 5.02 Å². The fourth-order valence-electron chi connectivity index (χ4n) is 3.19. The zero-order valence-corrected chi connectivity index (χ0v) is 16.0. The van der Waals surface area contributed by atoms with Crippen molar-refractivity contribution in [3.63, 3.8) is 0 Å². The standard InChI is InChI=1S/C19H21ClN4O3/c1-21(2)18-8-7-16(24(26)27)13-17(18)19(25)23-11-9-22(10-12-23)15-5-3-14(20)4-6-15/h3-8,13H,9-12H2,1-2H3. The molecule has 0 radical (unpaired) electrons. The largest absolute Gasteiger partial charge is 0.377 e. The van der Waals surface area contributed by atoms with Crippen LogP contribution in [0.3, 0.4) is 0 Å². The van der Waals surface area contributed by atoms with Crippen LogP contribution in [0.4, 0.5) is 17.1 Å². The topological polar surface area (TPSA) is 69.9 Å². The maximum atomic E-state index is 13.0. The van der Waals surface area contributed by atoms with Crippen molar-refractivity contribution < 1.29 is 9.72 Å². The summed E-state index contributed by atoms with van der Waals surface area (Å²) in [4.78, 5) is 29.4. The zero-order chi connectivity index (χ0) is 19.6. The summed E-state index contributed by atoms with van der Waals surface area (Å²) in [7, 11) is 3.63. The molecular formula is C19H21ClN4O3. The molecule has 8 heteroatoms. The van der Waals surface area contributed by atoms with Gasteiger partial charge in [-0.1, -0.05) is 11.6 Å². The van der Waals surface area contributed by atoms with E-state index in [0.717, 1.165) is 5.69 Å². The van der Waals surface area contributed by atoms with E-state index in [2.05, 4.69) is 4.90 Å². The van der Waals surface area contributed by atoms with Gasteiger partial charge >= 0.3 is 0 Å². The first-order chi connectivity index (χ1) is 12.9. The first kappa shape index (κ1) is 19.0. The summed E-state index contributed by atoms with van der Waals surface area (Å²) in [5, 5.41) is 11.8. The van der Waals surface area contributed by atoms with Crippen LogP contribution in [0.15, 0.2) is 42.5 Å². The normalized spacial score (nSPS) is 14.2. The minimum atomic E-state index is -0.477. The summed E-state index contributed by atoms with van der Waals surface area (Å²) in [5.41, 5.74) is 2.01. The van der Waals surface area contributed by atoms with Crippen LogP contribution in [-0.4, -0.2) is 56.0 Å². The molecule has 0 saturated carbocycles. The Bertz CT molecular complexity index is 847. The van der Waals surface area contributed by atoms with Crippen LogP contribution in [0, 0.1) is 10.1 Å². The van der Waals surface area contributed by atoms with Crippen molar-refractivity contribution in [2.24, 2.45) is 0 Å². The molecule has 1 amide bonds. The Morgan fingerprint density at radius 3 is 2.26 bits per heavy atom. The van der Waals surface area contributed by atoms with Gasteiger partial charge in [-0.2, -0.15) is 0 Å². The number of carbonyl (C=O) groups excluding carboxylic acids is 1. The van der Waals surface area contributed by atoms with E-state index < -0.39 is 4.92 Å². The average Bonchev–Trinajstić information content (AvgIpc) is 2.67. The molecule has 1 fully saturated rings. The molecule has 0 unspecified atom stereocenters. The molecule has 27 heavy (non-hydrogen) atoms. The van der Waals surface area contributed by atoms with Crippen molar-refractivity contribution in [2.45, 2.75) is 0 Å². The molecular weight excluding hydrogens is 368 g/mol. The lowest BCUT2D eigenvalue weighted by Crippen LogP contribution is -2.49. The minimum Gasteiger partial charge on any atom is -0.377 e. The number of amides is 1. The molecule has 1 saturated heterocycles. The molecule has 3 rings (SSSR count). The number of hydrogen-bond donors (Lipinski definition) is 0. The Morgan fingerprint density at radius 2 is 1.70 bits per heavy atom. The molecule has 0 N–H and O–H groups in total. The lowest BCUT2D eigenvalue weighted by atomic mass is 10.1. The van der Waals surface area contributed by atoms with E-state index in [4.69, 9.17) is 11.6 Å². The number of nitro benzene ring substituents is 1. The van der Waals surface area contributed by atoms with Crippen LogP contribution in [0.1, 0.15) is 10.4 Å². The second-order valence-corrected chi connectivity index (χ2v) is 7.05. The van der Waals surface area contributed by atoms with Gasteiger partial charge in [-0.05, 0) is 30.3 Å². The first-order valence-corrected chi connectivity index (χ1v) is 9.00. The van der Waals surface area contributed by atoms with Crippen LogP contribution in [0.25, 0.3) is 0 Å². The number of carbonyl (C=O) groups is 1. The fraction of sp³-hybridized carbons (Fsp3) is 0.316. The van der Waals surface area contributed by atoms with Crippen molar-refractivity contribution in [1.82, 2.24) is 4.90 Å². The van der Waals surface area contributed by atoms with E-state index in [1.807, 2.05) is 38.4 Å². The molecule has 0 aliphatic carbocycles. The molecule has 1 heterocycles. The van der Waals surface area contributed by atoms with Crippen molar-refractivity contribution in [3.8, 4) is 0 Å². The Hall–Kier alpha value is -2.80. The van der Waals surface area contributed by atoms with Gasteiger partial charge in [-0.15, -0.1) is 0 Å². The van der Waals surface area contributed by atoms with Crippen molar-refractivity contribution in [1.29, 1.82) is 0 Å². The van der Waals surface area contributed by atoms with Crippen LogP contribution < -0.4 is 9.80 Å². The average molecular weight is 389 g/mol. The number of anilines is 2. The van der Waals surface area contributed by atoms with Gasteiger partial charge in [0.15, 0.2) is 0 Å². The molecule has 0 aromatic heterocycles. The predicted molar refractivity (Wildman–Crippen MR) is 107 cm³/mol. The predicted octanol–water partition coefficient (Wildman–Crippen LogP) is 3.28. The van der Waals surface area contributed by atoms with Gasteiger partial charge in [0.25, 0.3) is 11.6 Å². The van der Waals surface area contributed by atoms with Crippen molar-refractivity contribution in [3.05, 3.63) is 63.2 Å². The maximum Gasteiger partial charge on any atom is 0.270 e. The molecule has 1 aliphatic rings. The van der Waals surface area contributed by atoms with Crippen LogP contribution >= 0.6 is 11.6 Å². The van der Waals surface area contributed by atoms with Crippen LogP contribution in [-0.2, 0) is 0 Å². The van der Waals surface area contributed by atoms with E-state index in [1.165, 1.54) is 12.1 Å². The Labute approximate surface area is 162 Å². The highest BCUT2D eigenvalue weighted by Crippen LogP contribution is 2.26. The van der Waals surface area contributed by atoms with Gasteiger partial charge in [0.05, 0.1) is 10.5 Å². The SMILES string of the molecule is CN(C)c1ccc([N+](=O)[O-])cc1C(=O)N1CCN(c2ccc(Cl)cc2)CC1. The van der Waals surface area contributed by atoms with Gasteiger partial charge < -0.3 is 14.7 Å². The molecule has 0 atom stereocenters. The Balaban J connectivity index is 1.76. The molecule has 0 bridgehead atoms. The molecule has 142 valence electrons. The van der Waals surface area contributed by atoms with Crippen molar-refractivity contribution >= 4 is 34.6 Å². The van der Waals surface area contributed by atoms with E-state index in [-0.39, 0.29) is 11.6 Å². The zero-order valence-electron chi connectivity index (χ0n) is 15.3. The molecule has 0 spiro atoms. The summed E-state index contributed by atoms with van der Waals surface area (Å²) in [6.07, 6.45) is 0. The minimum absolute atomic E-state index is 0.0799. The summed E-state index contributed by atoms with van der Waals surface area (Å²) in [5.74, 6) is -0.182. The molecule has 7 nitrogen and oxygen atoms in total. The van der Waals surface area contributed by atoms with Gasteiger partial charge in [0, 0.05) is 68.8 Å². The van der Waals surface area contributed by atoms with Gasteiger partial charge in [0.1, 0.15) is 0 Å². The monoisotopic (exact) mass is 388 g/mol. The number of hydrogen-bond acceptors (Lipinski definition) is 5. The quantitative estimate of drug-likeness (QED) is 0.593. The Morgan fingerprint density at radius 1 is 1.07 bits per heavy atom. The number of non-ortho nitro benzene ring substituents is 1.